The molecule has 1 aromatic carbocycles. The summed E-state index contributed by atoms with van der Waals surface area (Å²) >= 11 is 0. The molecule has 0 fully saturated rings. The number of nitrogens with zero attached hydrogens (tertiary/aromatic N) is 1. The maximum atomic E-state index is 11.8. The number of carbonyl (C=O) groups excluding carboxylic acids is 1. The highest BCUT2D eigenvalue weighted by Gasteiger charge is 2.17. The molecular weight excluding hydrogens is 250 g/mol. The first-order valence-electron chi connectivity index (χ1n) is 5.77. The van der Waals surface area contributed by atoms with E-state index in [-0.39, 0.29) is 23.3 Å². The Bertz CT molecular complexity index is 476. The van der Waals surface area contributed by atoms with Crippen molar-refractivity contribution in [1.29, 1.82) is 0 Å². The number of hydrogen-bond donors (Lipinski definition) is 2. The van der Waals surface area contributed by atoms with E-state index in [2.05, 4.69) is 10.6 Å². The predicted molar refractivity (Wildman–Crippen MR) is 71.4 cm³/mol. The van der Waals surface area contributed by atoms with Crippen LogP contribution in [-0.2, 0) is 4.79 Å². The molecule has 19 heavy (non-hydrogen) atoms. The molecule has 0 aromatic heterocycles. The molecule has 2 N–H and O–H groups in total. The van der Waals surface area contributed by atoms with Gasteiger partial charge in [0.05, 0.1) is 12.0 Å². The summed E-state index contributed by atoms with van der Waals surface area (Å²) in [5.74, 6) is -0.272. The van der Waals surface area contributed by atoms with Gasteiger partial charge in [-0.25, -0.2) is 0 Å². The molecule has 0 radical (unpaired) electrons. The van der Waals surface area contributed by atoms with Crippen molar-refractivity contribution < 1.29 is 14.5 Å². The number of ether oxygens (including phenoxy) is 1. The molecule has 1 atom stereocenters. The van der Waals surface area contributed by atoms with Crippen molar-refractivity contribution in [2.75, 3.05) is 26.0 Å². The summed E-state index contributed by atoms with van der Waals surface area (Å²) in [6.07, 6.45) is 0. The number of methoxy groups -OCH3 is 1. The molecule has 0 bridgehead atoms. The monoisotopic (exact) mass is 267 g/mol. The Morgan fingerprint density at radius 3 is 2.74 bits per heavy atom. The second-order valence-electron chi connectivity index (χ2n) is 4.09. The predicted octanol–water partition coefficient (Wildman–Crippen LogP) is 1.40. The van der Waals surface area contributed by atoms with Crippen LogP contribution in [-0.4, -0.2) is 31.5 Å². The van der Waals surface area contributed by atoms with Crippen molar-refractivity contribution in [3.05, 3.63) is 28.3 Å². The number of hydrogen-bond acceptors (Lipinski definition) is 5. The van der Waals surface area contributed by atoms with Gasteiger partial charge >= 0.3 is 5.69 Å². The molecule has 0 aliphatic carbocycles. The Labute approximate surface area is 111 Å². The number of anilines is 1. The van der Waals surface area contributed by atoms with Gasteiger partial charge in [-0.2, -0.15) is 0 Å². The fraction of sp³-hybridized carbons (Fsp3) is 0.417. The molecule has 0 spiro atoms. The standard InChI is InChI=1S/C12H17N3O4/c1-8(7-13-2)12(16)14-9-4-5-11(19-3)10(6-9)15(17)18/h4-6,8,13H,7H2,1-3H3,(H,14,16). The smallest absolute Gasteiger partial charge is 0.312 e. The first kappa shape index (κ1) is 14.9. The minimum atomic E-state index is -0.550. The molecule has 0 saturated heterocycles. The molecular formula is C12H17N3O4. The van der Waals surface area contributed by atoms with Crippen molar-refractivity contribution in [3.63, 3.8) is 0 Å². The molecule has 0 saturated carbocycles. The summed E-state index contributed by atoms with van der Waals surface area (Å²) in [7, 11) is 3.11. The van der Waals surface area contributed by atoms with Crippen molar-refractivity contribution in [3.8, 4) is 5.75 Å². The van der Waals surface area contributed by atoms with E-state index in [4.69, 9.17) is 4.74 Å². The third-order valence-electron chi connectivity index (χ3n) is 2.60. The Kier molecular flexibility index (Phi) is 5.25. The van der Waals surface area contributed by atoms with E-state index in [1.165, 1.54) is 19.2 Å². The highest BCUT2D eigenvalue weighted by atomic mass is 16.6. The number of nitro benzene ring substituents is 1. The number of nitrogens with one attached hydrogen (secondary N) is 2. The van der Waals surface area contributed by atoms with E-state index >= 15 is 0 Å². The average molecular weight is 267 g/mol. The number of nitro groups is 1. The van der Waals surface area contributed by atoms with E-state index < -0.39 is 4.92 Å². The van der Waals surface area contributed by atoms with Crippen LogP contribution in [0.5, 0.6) is 5.75 Å². The fourth-order valence-electron chi connectivity index (χ4n) is 1.57. The molecule has 104 valence electrons. The number of benzene rings is 1. The highest BCUT2D eigenvalue weighted by Crippen LogP contribution is 2.29. The van der Waals surface area contributed by atoms with Crippen LogP contribution in [0.15, 0.2) is 18.2 Å². The third-order valence-corrected chi connectivity index (χ3v) is 2.60. The van der Waals surface area contributed by atoms with Gasteiger partial charge in [0.1, 0.15) is 0 Å². The Balaban J connectivity index is 2.88. The topological polar surface area (TPSA) is 93.5 Å². The van der Waals surface area contributed by atoms with Crippen molar-refractivity contribution in [2.45, 2.75) is 6.92 Å². The Morgan fingerprint density at radius 1 is 1.53 bits per heavy atom. The molecule has 7 heteroatoms. The number of amides is 1. The molecule has 0 aliphatic rings. The lowest BCUT2D eigenvalue weighted by Gasteiger charge is -2.12. The van der Waals surface area contributed by atoms with Gasteiger partial charge in [-0.15, -0.1) is 0 Å². The van der Waals surface area contributed by atoms with E-state index in [1.807, 2.05) is 0 Å². The van der Waals surface area contributed by atoms with E-state index in [9.17, 15) is 14.9 Å². The van der Waals surface area contributed by atoms with Crippen LogP contribution in [0.25, 0.3) is 0 Å². The zero-order valence-electron chi connectivity index (χ0n) is 11.1. The van der Waals surface area contributed by atoms with Gasteiger partial charge in [-0.1, -0.05) is 6.92 Å². The van der Waals surface area contributed by atoms with Crippen LogP contribution in [0.2, 0.25) is 0 Å². The maximum absolute atomic E-state index is 11.8. The van der Waals surface area contributed by atoms with Crippen LogP contribution in [0.4, 0.5) is 11.4 Å². The summed E-state index contributed by atoms with van der Waals surface area (Å²) in [6.45, 7) is 2.30. The van der Waals surface area contributed by atoms with Gasteiger partial charge in [0.15, 0.2) is 5.75 Å². The maximum Gasteiger partial charge on any atom is 0.312 e. The largest absolute Gasteiger partial charge is 0.490 e. The molecule has 7 nitrogen and oxygen atoms in total. The first-order chi connectivity index (χ1) is 8.99. The summed E-state index contributed by atoms with van der Waals surface area (Å²) in [5.41, 5.74) is 0.196. The summed E-state index contributed by atoms with van der Waals surface area (Å²) < 4.78 is 4.89. The molecule has 0 aliphatic heterocycles. The lowest BCUT2D eigenvalue weighted by atomic mass is 10.1. The Morgan fingerprint density at radius 2 is 2.21 bits per heavy atom. The number of rotatable bonds is 6. The zero-order valence-corrected chi connectivity index (χ0v) is 11.1. The normalized spacial score (nSPS) is 11.7. The van der Waals surface area contributed by atoms with E-state index in [0.717, 1.165) is 0 Å². The highest BCUT2D eigenvalue weighted by molar-refractivity contribution is 5.93. The zero-order chi connectivity index (χ0) is 14.4. The second kappa shape index (κ2) is 6.69. The quantitative estimate of drug-likeness (QED) is 0.600. The molecule has 1 aromatic rings. The lowest BCUT2D eigenvalue weighted by molar-refractivity contribution is -0.385. The van der Waals surface area contributed by atoms with Crippen molar-refractivity contribution in [1.82, 2.24) is 5.32 Å². The van der Waals surface area contributed by atoms with Crippen LogP contribution in [0, 0.1) is 16.0 Å². The van der Waals surface area contributed by atoms with Crippen LogP contribution in [0.1, 0.15) is 6.92 Å². The molecule has 0 heterocycles. The molecule has 1 unspecified atom stereocenters. The van der Waals surface area contributed by atoms with E-state index in [0.29, 0.717) is 12.2 Å². The van der Waals surface area contributed by atoms with E-state index in [1.54, 1.807) is 20.0 Å². The average Bonchev–Trinajstić information content (AvgIpc) is 2.38. The fourth-order valence-corrected chi connectivity index (χ4v) is 1.57. The number of carbonyl (C=O) groups is 1. The summed E-state index contributed by atoms with van der Waals surface area (Å²) in [4.78, 5) is 22.1. The van der Waals surface area contributed by atoms with Crippen LogP contribution < -0.4 is 15.4 Å². The van der Waals surface area contributed by atoms with Gasteiger partial charge < -0.3 is 15.4 Å². The SMILES string of the molecule is CNCC(C)C(=O)Nc1ccc(OC)c([N+](=O)[O-])c1. The van der Waals surface area contributed by atoms with Gasteiger partial charge in [-0.3, -0.25) is 14.9 Å². The van der Waals surface area contributed by atoms with Crippen LogP contribution in [0.3, 0.4) is 0 Å². The summed E-state index contributed by atoms with van der Waals surface area (Å²) in [6, 6.07) is 4.30. The third kappa shape index (κ3) is 3.92. The van der Waals surface area contributed by atoms with Crippen LogP contribution >= 0.6 is 0 Å². The van der Waals surface area contributed by atoms with Gasteiger partial charge in [0.25, 0.3) is 0 Å². The minimum absolute atomic E-state index is 0.159. The van der Waals surface area contributed by atoms with Crippen molar-refractivity contribution in [2.24, 2.45) is 5.92 Å². The Hall–Kier alpha value is -2.15. The van der Waals surface area contributed by atoms with Gasteiger partial charge in [-0.05, 0) is 19.2 Å². The summed E-state index contributed by atoms with van der Waals surface area (Å²) in [5, 5.41) is 16.4. The van der Waals surface area contributed by atoms with Gasteiger partial charge in [0, 0.05) is 24.2 Å². The second-order valence-corrected chi connectivity index (χ2v) is 4.09. The lowest BCUT2D eigenvalue weighted by Crippen LogP contribution is -2.28. The molecule has 1 amide bonds. The minimum Gasteiger partial charge on any atom is -0.490 e. The van der Waals surface area contributed by atoms with Crippen molar-refractivity contribution >= 4 is 17.3 Å². The van der Waals surface area contributed by atoms with Gasteiger partial charge in [0.2, 0.25) is 5.91 Å². The first-order valence-corrected chi connectivity index (χ1v) is 5.77. The molecule has 1 rings (SSSR count).